The lowest BCUT2D eigenvalue weighted by atomic mass is 10.0. The van der Waals surface area contributed by atoms with Gasteiger partial charge in [-0.05, 0) is 60.0 Å². The van der Waals surface area contributed by atoms with Gasteiger partial charge in [0.1, 0.15) is 5.82 Å². The van der Waals surface area contributed by atoms with Gasteiger partial charge in [-0.3, -0.25) is 9.55 Å². The summed E-state index contributed by atoms with van der Waals surface area (Å²) in [4.78, 5) is 9.65. The van der Waals surface area contributed by atoms with E-state index in [0.29, 0.717) is 0 Å². The second-order valence-corrected chi connectivity index (χ2v) is 10.3. The average molecular weight is 511 g/mol. The maximum atomic E-state index is 5.11. The number of benzene rings is 4. The Hall–Kier alpha value is -5.48. The third kappa shape index (κ3) is 2.90. The SMILES string of the molecule is c1ccc(-c2cccc(-n3c4ccccc4c4cc5c(cc43)c3ccccc3c3cc4ccccc4n35)n2)nc1. The van der Waals surface area contributed by atoms with Crippen LogP contribution < -0.4 is 0 Å². The standard InChI is InChI=1S/C36H22N4/c1-5-16-31-23(10-1)20-33-25-12-3-2-11-24(25)27-21-35-28(22-34(27)39(31)33)26-13-4-6-17-32(26)40(35)36-18-9-15-30(38-36)29-14-7-8-19-37-29/h1-22H. The van der Waals surface area contributed by atoms with Crippen molar-refractivity contribution in [2.24, 2.45) is 0 Å². The predicted molar refractivity (Wildman–Crippen MR) is 165 cm³/mol. The van der Waals surface area contributed by atoms with Crippen LogP contribution in [0.15, 0.2) is 134 Å². The molecule has 4 heteroatoms. The smallest absolute Gasteiger partial charge is 0.138 e. The second kappa shape index (κ2) is 8.01. The Kier molecular flexibility index (Phi) is 4.30. The second-order valence-electron chi connectivity index (χ2n) is 10.3. The number of nitrogens with zero attached hydrogens (tertiary/aromatic N) is 4. The Morgan fingerprint density at radius 3 is 1.93 bits per heavy atom. The van der Waals surface area contributed by atoms with E-state index in [9.17, 15) is 0 Å². The van der Waals surface area contributed by atoms with E-state index in [1.54, 1.807) is 0 Å². The minimum Gasteiger partial charge on any atom is -0.309 e. The number of rotatable bonds is 2. The molecule has 4 aromatic carbocycles. The number of pyridine rings is 3. The first-order valence-corrected chi connectivity index (χ1v) is 13.5. The quantitative estimate of drug-likeness (QED) is 0.218. The Bertz CT molecular complexity index is 2430. The molecular weight excluding hydrogens is 488 g/mol. The van der Waals surface area contributed by atoms with E-state index in [-0.39, 0.29) is 0 Å². The van der Waals surface area contributed by atoms with Crippen molar-refractivity contribution in [3.8, 4) is 17.2 Å². The Balaban J connectivity index is 1.46. The molecule has 0 amide bonds. The number of fused-ring (bicyclic) bond motifs is 11. The van der Waals surface area contributed by atoms with Crippen LogP contribution in [0.1, 0.15) is 0 Å². The minimum absolute atomic E-state index is 0.857. The fourth-order valence-corrected chi connectivity index (χ4v) is 6.41. The van der Waals surface area contributed by atoms with Gasteiger partial charge in [0.2, 0.25) is 0 Å². The Labute approximate surface area is 229 Å². The van der Waals surface area contributed by atoms with Crippen molar-refractivity contribution < 1.29 is 0 Å². The summed E-state index contributed by atoms with van der Waals surface area (Å²) in [7, 11) is 0. The van der Waals surface area contributed by atoms with E-state index < -0.39 is 0 Å². The van der Waals surface area contributed by atoms with Crippen LogP contribution in [0.4, 0.5) is 0 Å². The third-order valence-corrected chi connectivity index (χ3v) is 8.13. The van der Waals surface area contributed by atoms with Crippen molar-refractivity contribution in [1.29, 1.82) is 0 Å². The van der Waals surface area contributed by atoms with E-state index >= 15 is 0 Å². The topological polar surface area (TPSA) is 35.1 Å². The molecule has 0 atom stereocenters. The summed E-state index contributed by atoms with van der Waals surface area (Å²) in [5, 5.41) is 7.40. The highest BCUT2D eigenvalue weighted by Crippen LogP contribution is 2.39. The van der Waals surface area contributed by atoms with Gasteiger partial charge in [-0.1, -0.05) is 72.8 Å². The van der Waals surface area contributed by atoms with Gasteiger partial charge in [-0.15, -0.1) is 0 Å². The summed E-state index contributed by atoms with van der Waals surface area (Å²) in [5.74, 6) is 0.880. The van der Waals surface area contributed by atoms with Crippen molar-refractivity contribution in [3.05, 3.63) is 134 Å². The van der Waals surface area contributed by atoms with E-state index in [0.717, 1.165) is 28.2 Å². The van der Waals surface area contributed by atoms with Crippen LogP contribution in [0.25, 0.3) is 77.1 Å². The van der Waals surface area contributed by atoms with Crippen LogP contribution in [0, 0.1) is 0 Å². The van der Waals surface area contributed by atoms with E-state index in [1.807, 2.05) is 30.5 Å². The van der Waals surface area contributed by atoms with Crippen LogP contribution >= 0.6 is 0 Å². The maximum absolute atomic E-state index is 5.11. The van der Waals surface area contributed by atoms with E-state index in [4.69, 9.17) is 4.98 Å². The molecule has 4 nitrogen and oxygen atoms in total. The van der Waals surface area contributed by atoms with Crippen molar-refractivity contribution in [2.75, 3.05) is 0 Å². The lowest BCUT2D eigenvalue weighted by Gasteiger charge is -2.12. The van der Waals surface area contributed by atoms with Gasteiger partial charge >= 0.3 is 0 Å². The summed E-state index contributed by atoms with van der Waals surface area (Å²) in [5.41, 5.74) is 7.66. The molecule has 5 heterocycles. The molecule has 0 spiro atoms. The third-order valence-electron chi connectivity index (χ3n) is 8.13. The predicted octanol–water partition coefficient (Wildman–Crippen LogP) is 8.95. The largest absolute Gasteiger partial charge is 0.309 e. The minimum atomic E-state index is 0.857. The molecule has 0 aliphatic heterocycles. The first-order valence-electron chi connectivity index (χ1n) is 13.5. The molecule has 0 radical (unpaired) electrons. The van der Waals surface area contributed by atoms with Gasteiger partial charge in [0, 0.05) is 33.1 Å². The van der Waals surface area contributed by atoms with Gasteiger partial charge in [-0.25, -0.2) is 4.98 Å². The molecule has 0 fully saturated rings. The summed E-state index contributed by atoms with van der Waals surface area (Å²) in [6, 6.07) is 45.2. The molecule has 0 saturated heterocycles. The number of aromatic nitrogens is 4. The zero-order valence-electron chi connectivity index (χ0n) is 21.5. The summed E-state index contributed by atoms with van der Waals surface area (Å²) < 4.78 is 4.72. The fraction of sp³-hybridized carbons (Fsp3) is 0. The van der Waals surface area contributed by atoms with Crippen LogP contribution in [-0.4, -0.2) is 18.9 Å². The van der Waals surface area contributed by atoms with Gasteiger partial charge in [0.25, 0.3) is 0 Å². The molecule has 40 heavy (non-hydrogen) atoms. The van der Waals surface area contributed by atoms with Crippen LogP contribution in [-0.2, 0) is 0 Å². The summed E-state index contributed by atoms with van der Waals surface area (Å²) in [6.07, 6.45) is 1.81. The molecule has 5 aromatic heterocycles. The van der Waals surface area contributed by atoms with Crippen LogP contribution in [0.2, 0.25) is 0 Å². The molecule has 0 bridgehead atoms. The molecule has 9 rings (SSSR count). The molecule has 0 aliphatic carbocycles. The number of para-hydroxylation sites is 2. The molecule has 0 aliphatic rings. The van der Waals surface area contributed by atoms with Crippen molar-refractivity contribution in [1.82, 2.24) is 18.9 Å². The maximum Gasteiger partial charge on any atom is 0.138 e. The molecule has 9 aromatic rings. The first-order chi connectivity index (χ1) is 19.8. The van der Waals surface area contributed by atoms with E-state index in [1.165, 1.54) is 48.9 Å². The lowest BCUT2D eigenvalue weighted by Crippen LogP contribution is -1.99. The van der Waals surface area contributed by atoms with Gasteiger partial charge < -0.3 is 4.40 Å². The first kappa shape index (κ1) is 21.5. The lowest BCUT2D eigenvalue weighted by molar-refractivity contribution is 1.08. The summed E-state index contributed by atoms with van der Waals surface area (Å²) >= 11 is 0. The molecule has 186 valence electrons. The van der Waals surface area contributed by atoms with Crippen LogP contribution in [0.5, 0.6) is 0 Å². The monoisotopic (exact) mass is 510 g/mol. The molecule has 0 saturated carbocycles. The van der Waals surface area contributed by atoms with Crippen molar-refractivity contribution >= 4 is 59.9 Å². The van der Waals surface area contributed by atoms with E-state index in [2.05, 4.69) is 117 Å². The summed E-state index contributed by atoms with van der Waals surface area (Å²) in [6.45, 7) is 0. The Morgan fingerprint density at radius 1 is 0.425 bits per heavy atom. The molecule has 0 unspecified atom stereocenters. The number of hydrogen-bond donors (Lipinski definition) is 0. The highest BCUT2D eigenvalue weighted by Gasteiger charge is 2.18. The van der Waals surface area contributed by atoms with Gasteiger partial charge in [-0.2, -0.15) is 0 Å². The zero-order chi connectivity index (χ0) is 26.2. The molecular formula is C36H22N4. The van der Waals surface area contributed by atoms with Gasteiger partial charge in [0.05, 0.1) is 39.0 Å². The normalized spacial score (nSPS) is 12.0. The van der Waals surface area contributed by atoms with Gasteiger partial charge in [0.15, 0.2) is 0 Å². The van der Waals surface area contributed by atoms with Crippen molar-refractivity contribution in [3.63, 3.8) is 0 Å². The Morgan fingerprint density at radius 2 is 1.07 bits per heavy atom. The average Bonchev–Trinajstić information content (AvgIpc) is 3.57. The number of hydrogen-bond acceptors (Lipinski definition) is 2. The van der Waals surface area contributed by atoms with Crippen molar-refractivity contribution in [2.45, 2.75) is 0 Å². The highest BCUT2D eigenvalue weighted by atomic mass is 15.1. The molecule has 0 N–H and O–H groups in total. The highest BCUT2D eigenvalue weighted by molar-refractivity contribution is 6.21. The van der Waals surface area contributed by atoms with Crippen LogP contribution in [0.3, 0.4) is 0 Å². The fourth-order valence-electron chi connectivity index (χ4n) is 6.41. The zero-order valence-corrected chi connectivity index (χ0v) is 21.5.